The van der Waals surface area contributed by atoms with Crippen molar-refractivity contribution >= 4 is 34.2 Å². The molecule has 31 heavy (non-hydrogen) atoms. The van der Waals surface area contributed by atoms with Crippen LogP contribution in [-0.2, 0) is 16.1 Å². The molecule has 0 bridgehead atoms. The van der Waals surface area contributed by atoms with Gasteiger partial charge in [0.1, 0.15) is 11.6 Å². The minimum absolute atomic E-state index is 0.0214. The minimum atomic E-state index is -0.417. The summed E-state index contributed by atoms with van der Waals surface area (Å²) in [6, 6.07) is 15.3. The maximum absolute atomic E-state index is 13.2. The summed E-state index contributed by atoms with van der Waals surface area (Å²) in [5.74, 6) is 0.674. The number of aromatic nitrogens is 2. The van der Waals surface area contributed by atoms with E-state index in [-0.39, 0.29) is 18.2 Å². The number of hydrogen-bond donors (Lipinski definition) is 2. The molecular weight excluding hydrogens is 392 g/mol. The van der Waals surface area contributed by atoms with Gasteiger partial charge in [0.2, 0.25) is 11.8 Å². The van der Waals surface area contributed by atoms with E-state index in [4.69, 9.17) is 5.73 Å². The van der Waals surface area contributed by atoms with Crippen molar-refractivity contribution in [2.24, 2.45) is 0 Å². The first-order valence-corrected chi connectivity index (χ1v) is 10.5. The first-order valence-electron chi connectivity index (χ1n) is 10.5. The minimum Gasteiger partial charge on any atom is -0.383 e. The normalized spacial score (nSPS) is 19.2. The number of carbonyl (C=O) groups is 2. The average Bonchev–Trinajstić information content (AvgIpc) is 2.78. The molecule has 2 aliphatic heterocycles. The van der Waals surface area contributed by atoms with E-state index in [0.717, 1.165) is 35.2 Å². The zero-order valence-corrected chi connectivity index (χ0v) is 17.1. The van der Waals surface area contributed by atoms with Crippen molar-refractivity contribution < 1.29 is 9.59 Å². The van der Waals surface area contributed by atoms with Crippen molar-refractivity contribution in [1.29, 1.82) is 0 Å². The summed E-state index contributed by atoms with van der Waals surface area (Å²) < 4.78 is 0. The second kappa shape index (κ2) is 7.96. The van der Waals surface area contributed by atoms with Crippen molar-refractivity contribution in [3.8, 4) is 0 Å². The van der Waals surface area contributed by atoms with Crippen LogP contribution in [0.5, 0.6) is 0 Å². The molecule has 1 fully saturated rings. The Hall–Kier alpha value is -3.52. The van der Waals surface area contributed by atoms with Crippen LogP contribution in [0.25, 0.3) is 10.9 Å². The third-order valence-electron chi connectivity index (χ3n) is 6.03. The molecule has 5 rings (SSSR count). The molecule has 1 atom stereocenters. The zero-order chi connectivity index (χ0) is 21.4. The van der Waals surface area contributed by atoms with Crippen LogP contribution in [0.1, 0.15) is 23.7 Å². The van der Waals surface area contributed by atoms with Crippen LogP contribution in [0.4, 0.5) is 11.5 Å². The van der Waals surface area contributed by atoms with Gasteiger partial charge in [0.15, 0.2) is 0 Å². The molecule has 3 N–H and O–H groups in total. The van der Waals surface area contributed by atoms with Crippen LogP contribution in [0.2, 0.25) is 0 Å². The van der Waals surface area contributed by atoms with Crippen LogP contribution in [0.15, 0.2) is 48.5 Å². The Kier molecular flexibility index (Phi) is 4.99. The number of rotatable bonds is 3. The smallest absolute Gasteiger partial charge is 0.230 e. The second-order valence-corrected chi connectivity index (χ2v) is 8.04. The van der Waals surface area contributed by atoms with Gasteiger partial charge in [-0.25, -0.2) is 9.97 Å². The second-order valence-electron chi connectivity index (χ2n) is 8.04. The fraction of sp³-hybridized carbons (Fsp3) is 0.304. The number of fused-ring (bicyclic) bond motifs is 2. The molecule has 2 aromatic carbocycles. The van der Waals surface area contributed by atoms with Gasteiger partial charge < -0.3 is 16.0 Å². The summed E-state index contributed by atoms with van der Waals surface area (Å²) in [4.78, 5) is 38.5. The number of piperazine rings is 1. The number of nitrogens with zero attached hydrogens (tertiary/aromatic N) is 4. The van der Waals surface area contributed by atoms with E-state index >= 15 is 0 Å². The van der Waals surface area contributed by atoms with E-state index in [9.17, 15) is 9.59 Å². The quantitative estimate of drug-likeness (QED) is 0.677. The fourth-order valence-corrected chi connectivity index (χ4v) is 4.40. The number of hydrogen-bond acceptors (Lipinski definition) is 6. The first-order chi connectivity index (χ1) is 15.1. The Morgan fingerprint density at radius 2 is 1.77 bits per heavy atom. The lowest BCUT2D eigenvalue weighted by molar-refractivity contribution is -0.136. The number of para-hydroxylation sites is 2. The Labute approximate surface area is 180 Å². The van der Waals surface area contributed by atoms with E-state index < -0.39 is 5.92 Å². The number of nitrogens with one attached hydrogen (secondary N) is 1. The number of anilines is 2. The molecule has 2 aliphatic rings. The lowest BCUT2D eigenvalue weighted by atomic mass is 9.89. The molecule has 2 amide bonds. The molecule has 0 saturated carbocycles. The monoisotopic (exact) mass is 416 g/mol. The van der Waals surface area contributed by atoms with Gasteiger partial charge in [-0.2, -0.15) is 0 Å². The summed E-state index contributed by atoms with van der Waals surface area (Å²) in [6.45, 7) is 3.26. The summed E-state index contributed by atoms with van der Waals surface area (Å²) >= 11 is 0. The number of nitrogens with two attached hydrogens (primary N) is 1. The topological polar surface area (TPSA) is 104 Å². The number of nitrogen functional groups attached to an aromatic ring is 1. The molecule has 1 unspecified atom stereocenters. The predicted molar refractivity (Wildman–Crippen MR) is 118 cm³/mol. The van der Waals surface area contributed by atoms with Crippen molar-refractivity contribution in [1.82, 2.24) is 19.8 Å². The highest BCUT2D eigenvalue weighted by molar-refractivity contribution is 6.01. The highest BCUT2D eigenvalue weighted by atomic mass is 16.2. The highest BCUT2D eigenvalue weighted by Crippen LogP contribution is 2.33. The van der Waals surface area contributed by atoms with Crippen molar-refractivity contribution in [2.75, 3.05) is 37.2 Å². The van der Waals surface area contributed by atoms with Crippen molar-refractivity contribution in [2.45, 2.75) is 18.9 Å². The lowest BCUT2D eigenvalue weighted by Gasteiger charge is -2.37. The van der Waals surface area contributed by atoms with E-state index in [1.54, 1.807) is 0 Å². The summed E-state index contributed by atoms with van der Waals surface area (Å²) in [6.07, 6.45) is 0.195. The van der Waals surface area contributed by atoms with Crippen LogP contribution in [0, 0.1) is 0 Å². The highest BCUT2D eigenvalue weighted by Gasteiger charge is 2.34. The maximum Gasteiger partial charge on any atom is 0.230 e. The van der Waals surface area contributed by atoms with Gasteiger partial charge in [0.25, 0.3) is 0 Å². The molecule has 0 radical (unpaired) electrons. The largest absolute Gasteiger partial charge is 0.383 e. The van der Waals surface area contributed by atoms with Crippen molar-refractivity contribution in [3.63, 3.8) is 0 Å². The van der Waals surface area contributed by atoms with Crippen LogP contribution >= 0.6 is 0 Å². The number of amides is 2. The van der Waals surface area contributed by atoms with E-state index in [2.05, 4.69) is 20.2 Å². The Morgan fingerprint density at radius 3 is 2.61 bits per heavy atom. The van der Waals surface area contributed by atoms with Gasteiger partial charge in [-0.1, -0.05) is 30.3 Å². The van der Waals surface area contributed by atoms with Gasteiger partial charge in [0, 0.05) is 43.7 Å². The van der Waals surface area contributed by atoms with Gasteiger partial charge in [-0.15, -0.1) is 0 Å². The summed E-state index contributed by atoms with van der Waals surface area (Å²) in [5, 5.41) is 3.72. The van der Waals surface area contributed by atoms with Crippen LogP contribution in [-0.4, -0.2) is 57.8 Å². The molecule has 1 saturated heterocycles. The Morgan fingerprint density at radius 1 is 1.03 bits per heavy atom. The Bertz CT molecular complexity index is 1160. The van der Waals surface area contributed by atoms with Crippen LogP contribution in [0.3, 0.4) is 0 Å². The zero-order valence-electron chi connectivity index (χ0n) is 17.1. The molecule has 3 aromatic rings. The SMILES string of the molecule is Nc1nc(CN2CCN(C(=O)C3CC(=O)Nc4ccccc43)CC2)nc2ccccc12. The molecule has 0 spiro atoms. The first kappa shape index (κ1) is 19.4. The third kappa shape index (κ3) is 3.82. The fourth-order valence-electron chi connectivity index (χ4n) is 4.40. The van der Waals surface area contributed by atoms with Gasteiger partial charge in [-0.3, -0.25) is 14.5 Å². The molecule has 0 aliphatic carbocycles. The summed E-state index contributed by atoms with van der Waals surface area (Å²) in [5.41, 5.74) is 8.58. The molecular formula is C23H24N6O2. The van der Waals surface area contributed by atoms with E-state index in [1.807, 2.05) is 53.4 Å². The standard InChI is InChI=1S/C23H24N6O2/c24-22-16-6-2-4-8-19(16)25-20(27-22)14-28-9-11-29(12-10-28)23(31)17-13-21(30)26-18-7-3-1-5-15(17)18/h1-8,17H,9-14H2,(H,26,30)(H2,24,25,27). The average molecular weight is 416 g/mol. The predicted octanol–water partition coefficient (Wildman–Crippen LogP) is 1.98. The summed E-state index contributed by atoms with van der Waals surface area (Å²) in [7, 11) is 0. The molecule has 3 heterocycles. The van der Waals surface area contributed by atoms with Gasteiger partial charge >= 0.3 is 0 Å². The molecule has 158 valence electrons. The van der Waals surface area contributed by atoms with E-state index in [1.165, 1.54) is 0 Å². The number of benzene rings is 2. The number of carbonyl (C=O) groups excluding carboxylic acids is 2. The van der Waals surface area contributed by atoms with E-state index in [0.29, 0.717) is 31.3 Å². The Balaban J connectivity index is 1.25. The maximum atomic E-state index is 13.2. The molecule has 8 heteroatoms. The van der Waals surface area contributed by atoms with Crippen molar-refractivity contribution in [3.05, 3.63) is 59.9 Å². The third-order valence-corrected chi connectivity index (χ3v) is 6.03. The van der Waals surface area contributed by atoms with Crippen LogP contribution < -0.4 is 11.1 Å². The molecule has 1 aromatic heterocycles. The lowest BCUT2D eigenvalue weighted by Crippen LogP contribution is -2.50. The van der Waals surface area contributed by atoms with Gasteiger partial charge in [-0.05, 0) is 23.8 Å². The molecule has 8 nitrogen and oxygen atoms in total. The van der Waals surface area contributed by atoms with Gasteiger partial charge in [0.05, 0.1) is 18.0 Å².